The number of carboxylic acids is 1. The lowest BCUT2D eigenvalue weighted by Crippen LogP contribution is -2.35. The Balaban J connectivity index is 1.96. The molecule has 2 bridgehead atoms. The van der Waals surface area contributed by atoms with E-state index >= 15 is 0 Å². The van der Waals surface area contributed by atoms with Crippen molar-refractivity contribution in [2.24, 2.45) is 23.7 Å². The molecule has 100 valence electrons. The molecule has 1 N–H and O–H groups in total. The quantitative estimate of drug-likeness (QED) is 0.574. The van der Waals surface area contributed by atoms with Crippen LogP contribution in [-0.2, 0) is 14.3 Å². The molecule has 2 rings (SSSR count). The predicted molar refractivity (Wildman–Crippen MR) is 64.9 cm³/mol. The van der Waals surface area contributed by atoms with Gasteiger partial charge in [-0.3, -0.25) is 9.59 Å². The van der Waals surface area contributed by atoms with Crippen molar-refractivity contribution in [1.29, 1.82) is 0 Å². The summed E-state index contributed by atoms with van der Waals surface area (Å²) in [5.41, 5.74) is 0. The zero-order valence-corrected chi connectivity index (χ0v) is 10.7. The van der Waals surface area contributed by atoms with Gasteiger partial charge in [-0.15, -0.1) is 0 Å². The number of nitrogens with zero attached hydrogens (tertiary/aromatic N) is 1. The third kappa shape index (κ3) is 2.41. The van der Waals surface area contributed by atoms with Gasteiger partial charge < -0.3 is 14.7 Å². The summed E-state index contributed by atoms with van der Waals surface area (Å²) in [5, 5.41) is 9.22. The lowest BCUT2D eigenvalue weighted by atomic mass is 9.83. The zero-order chi connectivity index (χ0) is 13.3. The number of aliphatic carboxylic acids is 1. The van der Waals surface area contributed by atoms with Crippen molar-refractivity contribution >= 4 is 11.9 Å². The second-order valence-corrected chi connectivity index (χ2v) is 5.31. The monoisotopic (exact) mass is 253 g/mol. The highest BCUT2D eigenvalue weighted by molar-refractivity contribution is 5.83. The van der Waals surface area contributed by atoms with Crippen LogP contribution in [-0.4, -0.2) is 49.2 Å². The summed E-state index contributed by atoms with van der Waals surface area (Å²) in [6, 6.07) is 0. The van der Waals surface area contributed by atoms with E-state index in [9.17, 15) is 14.7 Å². The van der Waals surface area contributed by atoms with E-state index in [4.69, 9.17) is 4.74 Å². The SMILES string of the molecule is CN(C)CCOC(=O)[C@H]1[C@@H](C(=O)O)[C@H]2C=C[C@H]1C2. The molecule has 18 heavy (non-hydrogen) atoms. The first-order valence-corrected chi connectivity index (χ1v) is 6.23. The van der Waals surface area contributed by atoms with E-state index < -0.39 is 17.8 Å². The number of hydrogen-bond acceptors (Lipinski definition) is 4. The number of esters is 1. The standard InChI is InChI=1S/C13H19NO4/c1-14(2)5-6-18-13(17)11-9-4-3-8(7-9)10(11)12(15)16/h3-4,8-11H,5-7H2,1-2H3,(H,15,16)/t8-,9-,10-,11+/m0/s1. The maximum Gasteiger partial charge on any atom is 0.310 e. The summed E-state index contributed by atoms with van der Waals surface area (Å²) in [6.45, 7) is 0.968. The average molecular weight is 253 g/mol. The maximum absolute atomic E-state index is 12.0. The highest BCUT2D eigenvalue weighted by Gasteiger charge is 2.52. The van der Waals surface area contributed by atoms with E-state index in [1.54, 1.807) is 0 Å². The molecule has 5 nitrogen and oxygen atoms in total. The number of fused-ring (bicyclic) bond motifs is 2. The molecular formula is C13H19NO4. The minimum absolute atomic E-state index is 0.00102. The summed E-state index contributed by atoms with van der Waals surface area (Å²) >= 11 is 0. The van der Waals surface area contributed by atoms with Gasteiger partial charge in [-0.1, -0.05) is 12.2 Å². The molecule has 0 saturated heterocycles. The Morgan fingerprint density at radius 2 is 1.89 bits per heavy atom. The van der Waals surface area contributed by atoms with Crippen LogP contribution in [0.4, 0.5) is 0 Å². The highest BCUT2D eigenvalue weighted by Crippen LogP contribution is 2.48. The summed E-state index contributed by atoms with van der Waals surface area (Å²) in [7, 11) is 3.79. The van der Waals surface area contributed by atoms with E-state index in [2.05, 4.69) is 0 Å². The fraction of sp³-hybridized carbons (Fsp3) is 0.692. The molecule has 0 aromatic rings. The zero-order valence-electron chi connectivity index (χ0n) is 10.7. The Bertz CT molecular complexity index is 377. The van der Waals surface area contributed by atoms with Gasteiger partial charge in [0.05, 0.1) is 11.8 Å². The van der Waals surface area contributed by atoms with E-state index in [1.165, 1.54) is 0 Å². The first-order chi connectivity index (χ1) is 8.50. The van der Waals surface area contributed by atoms with Crippen molar-refractivity contribution in [3.05, 3.63) is 12.2 Å². The van der Waals surface area contributed by atoms with Crippen molar-refractivity contribution in [2.45, 2.75) is 6.42 Å². The van der Waals surface area contributed by atoms with E-state index in [-0.39, 0.29) is 17.8 Å². The van der Waals surface area contributed by atoms with Crippen LogP contribution in [0.5, 0.6) is 0 Å². The Kier molecular flexibility index (Phi) is 3.71. The molecule has 0 amide bonds. The minimum Gasteiger partial charge on any atom is -0.481 e. The van der Waals surface area contributed by atoms with Gasteiger partial charge in [0, 0.05) is 6.54 Å². The molecule has 4 atom stereocenters. The number of carboxylic acid groups (broad SMARTS) is 1. The van der Waals surface area contributed by atoms with Crippen molar-refractivity contribution in [2.75, 3.05) is 27.2 Å². The Morgan fingerprint density at radius 3 is 2.44 bits per heavy atom. The van der Waals surface area contributed by atoms with Gasteiger partial charge in [0.15, 0.2) is 0 Å². The van der Waals surface area contributed by atoms with Crippen LogP contribution in [0.3, 0.4) is 0 Å². The molecule has 1 saturated carbocycles. The largest absolute Gasteiger partial charge is 0.481 e. The molecule has 0 aliphatic heterocycles. The van der Waals surface area contributed by atoms with Gasteiger partial charge in [0.1, 0.15) is 6.61 Å². The lowest BCUT2D eigenvalue weighted by molar-refractivity contribution is -0.158. The molecule has 0 unspecified atom stereocenters. The first-order valence-electron chi connectivity index (χ1n) is 6.23. The average Bonchev–Trinajstić information content (AvgIpc) is 2.87. The lowest BCUT2D eigenvalue weighted by Gasteiger charge is -2.23. The number of rotatable bonds is 5. The third-order valence-electron chi connectivity index (χ3n) is 3.80. The van der Waals surface area contributed by atoms with Gasteiger partial charge in [0.2, 0.25) is 0 Å². The predicted octanol–water partition coefficient (Wildman–Crippen LogP) is 0.614. The second kappa shape index (κ2) is 5.10. The summed E-state index contributed by atoms with van der Waals surface area (Å²) in [4.78, 5) is 25.2. The van der Waals surface area contributed by atoms with Crippen molar-refractivity contribution in [3.63, 3.8) is 0 Å². The van der Waals surface area contributed by atoms with Gasteiger partial charge in [-0.25, -0.2) is 0 Å². The molecule has 0 radical (unpaired) electrons. The fourth-order valence-corrected chi connectivity index (χ4v) is 2.91. The highest BCUT2D eigenvalue weighted by atomic mass is 16.5. The number of hydrogen-bond donors (Lipinski definition) is 1. The van der Waals surface area contributed by atoms with Crippen molar-refractivity contribution in [1.82, 2.24) is 4.90 Å². The number of allylic oxidation sites excluding steroid dienone is 2. The van der Waals surface area contributed by atoms with Crippen LogP contribution >= 0.6 is 0 Å². The molecule has 0 aromatic carbocycles. The molecule has 0 heterocycles. The molecule has 0 spiro atoms. The van der Waals surface area contributed by atoms with E-state index in [0.29, 0.717) is 13.2 Å². The van der Waals surface area contributed by atoms with E-state index in [1.807, 2.05) is 31.1 Å². The van der Waals surface area contributed by atoms with Gasteiger partial charge in [-0.05, 0) is 32.4 Å². The Hall–Kier alpha value is -1.36. The molecule has 1 fully saturated rings. The van der Waals surface area contributed by atoms with Gasteiger partial charge in [-0.2, -0.15) is 0 Å². The maximum atomic E-state index is 12.0. The topological polar surface area (TPSA) is 66.8 Å². The van der Waals surface area contributed by atoms with Crippen LogP contribution in [0, 0.1) is 23.7 Å². The van der Waals surface area contributed by atoms with Crippen molar-refractivity contribution in [3.8, 4) is 0 Å². The number of carbonyl (C=O) groups excluding carboxylic acids is 1. The Morgan fingerprint density at radius 1 is 1.28 bits per heavy atom. The second-order valence-electron chi connectivity index (χ2n) is 5.31. The molecule has 0 aromatic heterocycles. The Labute approximate surface area is 106 Å². The molecular weight excluding hydrogens is 234 g/mol. The molecule has 2 aliphatic carbocycles. The summed E-state index contributed by atoms with van der Waals surface area (Å²) < 4.78 is 5.19. The third-order valence-corrected chi connectivity index (χ3v) is 3.80. The van der Waals surface area contributed by atoms with Crippen molar-refractivity contribution < 1.29 is 19.4 Å². The van der Waals surface area contributed by atoms with Gasteiger partial charge in [0.25, 0.3) is 0 Å². The van der Waals surface area contributed by atoms with Crippen LogP contribution in [0.25, 0.3) is 0 Å². The van der Waals surface area contributed by atoms with E-state index in [0.717, 1.165) is 6.42 Å². The number of carbonyl (C=O) groups is 2. The summed E-state index contributed by atoms with van der Waals surface area (Å²) in [6.07, 6.45) is 4.65. The summed E-state index contributed by atoms with van der Waals surface area (Å²) in [5.74, 6) is -2.31. The minimum atomic E-state index is -0.888. The smallest absolute Gasteiger partial charge is 0.310 e. The van der Waals surface area contributed by atoms with Crippen LogP contribution in [0.15, 0.2) is 12.2 Å². The first kappa shape index (κ1) is 13.1. The molecule has 2 aliphatic rings. The van der Waals surface area contributed by atoms with Crippen LogP contribution in [0.2, 0.25) is 0 Å². The number of ether oxygens (including phenoxy) is 1. The van der Waals surface area contributed by atoms with Gasteiger partial charge >= 0.3 is 11.9 Å². The normalized spacial score (nSPS) is 33.1. The van der Waals surface area contributed by atoms with Crippen LogP contribution < -0.4 is 0 Å². The number of likely N-dealkylation sites (N-methyl/N-ethyl adjacent to an activating group) is 1. The van der Waals surface area contributed by atoms with Crippen LogP contribution in [0.1, 0.15) is 6.42 Å². The molecule has 5 heteroatoms. The fourth-order valence-electron chi connectivity index (χ4n) is 2.91.